The Morgan fingerprint density at radius 1 is 1.55 bits per heavy atom. The van der Waals surface area contributed by atoms with Crippen molar-refractivity contribution < 1.29 is 0 Å². The summed E-state index contributed by atoms with van der Waals surface area (Å²) in [5.41, 5.74) is 7.81. The molecule has 0 spiro atoms. The fraction of sp³-hybridized carbons (Fsp3) is 0.125. The van der Waals surface area contributed by atoms with E-state index in [1.807, 2.05) is 29.8 Å². The summed E-state index contributed by atoms with van der Waals surface area (Å²) in [6, 6.07) is 2.02. The second kappa shape index (κ2) is 1.99. The van der Waals surface area contributed by atoms with Crippen molar-refractivity contribution in [3.63, 3.8) is 0 Å². The summed E-state index contributed by atoms with van der Waals surface area (Å²) in [5, 5.41) is 0. The molecule has 2 N–H and O–H groups in total. The van der Waals surface area contributed by atoms with Gasteiger partial charge in [-0.1, -0.05) is 0 Å². The molecule has 0 aliphatic rings. The number of aromatic nitrogens is 2. The lowest BCUT2D eigenvalue weighted by molar-refractivity contribution is 1.14. The molecule has 2 aromatic heterocycles. The van der Waals surface area contributed by atoms with Crippen LogP contribution in [0.3, 0.4) is 0 Å². The van der Waals surface area contributed by atoms with Crippen LogP contribution in [0.2, 0.25) is 0 Å². The minimum atomic E-state index is 0.584. The molecule has 11 heavy (non-hydrogen) atoms. The van der Waals surface area contributed by atoms with Crippen molar-refractivity contribution in [3.05, 3.63) is 30.2 Å². The molecule has 0 saturated heterocycles. The number of rotatable bonds is 0. The molecule has 2 rings (SSSR count). The second-order valence-corrected chi connectivity index (χ2v) is 2.62. The fourth-order valence-electron chi connectivity index (χ4n) is 1.20. The summed E-state index contributed by atoms with van der Waals surface area (Å²) in [5.74, 6) is 0.584. The van der Waals surface area contributed by atoms with Gasteiger partial charge >= 0.3 is 0 Å². The van der Waals surface area contributed by atoms with Crippen LogP contribution in [0.25, 0.3) is 5.52 Å². The number of nitrogens with two attached hydrogens (primary N) is 1. The van der Waals surface area contributed by atoms with Gasteiger partial charge in [0, 0.05) is 18.6 Å². The molecule has 0 unspecified atom stereocenters. The van der Waals surface area contributed by atoms with Gasteiger partial charge in [-0.05, 0) is 18.6 Å². The first kappa shape index (κ1) is 6.22. The van der Waals surface area contributed by atoms with Gasteiger partial charge in [-0.3, -0.25) is 0 Å². The number of hydrogen-bond donors (Lipinski definition) is 1. The summed E-state index contributed by atoms with van der Waals surface area (Å²) in [6.45, 7) is 2.03. The quantitative estimate of drug-likeness (QED) is 0.609. The smallest absolute Gasteiger partial charge is 0.147 e. The van der Waals surface area contributed by atoms with E-state index in [0.29, 0.717) is 5.82 Å². The van der Waals surface area contributed by atoms with Gasteiger partial charge in [0.2, 0.25) is 0 Å². The highest BCUT2D eigenvalue weighted by molar-refractivity contribution is 5.66. The third-order valence-corrected chi connectivity index (χ3v) is 1.69. The highest BCUT2D eigenvalue weighted by Gasteiger charge is 1.98. The third-order valence-electron chi connectivity index (χ3n) is 1.69. The Morgan fingerprint density at radius 2 is 2.36 bits per heavy atom. The average Bonchev–Trinajstić information content (AvgIpc) is 2.31. The topological polar surface area (TPSA) is 43.3 Å². The maximum Gasteiger partial charge on any atom is 0.147 e. The van der Waals surface area contributed by atoms with Crippen LogP contribution < -0.4 is 5.73 Å². The molecule has 0 atom stereocenters. The van der Waals surface area contributed by atoms with Crippen molar-refractivity contribution in [3.8, 4) is 0 Å². The predicted octanol–water partition coefficient (Wildman–Crippen LogP) is 1.22. The van der Waals surface area contributed by atoms with E-state index in [0.717, 1.165) is 5.52 Å². The number of hydrogen-bond acceptors (Lipinski definition) is 2. The lowest BCUT2D eigenvalue weighted by Crippen LogP contribution is -1.92. The van der Waals surface area contributed by atoms with Crippen LogP contribution in [0.15, 0.2) is 24.7 Å². The van der Waals surface area contributed by atoms with Crippen molar-refractivity contribution in [1.82, 2.24) is 9.38 Å². The van der Waals surface area contributed by atoms with E-state index in [-0.39, 0.29) is 0 Å². The zero-order valence-electron chi connectivity index (χ0n) is 6.28. The number of nitrogens with zero attached hydrogens (tertiary/aromatic N) is 2. The molecule has 0 amide bonds. The lowest BCUT2D eigenvalue weighted by Gasteiger charge is -1.94. The van der Waals surface area contributed by atoms with Gasteiger partial charge in [0.05, 0.1) is 5.52 Å². The predicted molar refractivity (Wildman–Crippen MR) is 44.3 cm³/mol. The molecule has 3 heteroatoms. The molecule has 0 aliphatic heterocycles. The minimum absolute atomic E-state index is 0.584. The summed E-state index contributed by atoms with van der Waals surface area (Å²) in [4.78, 5) is 3.98. The van der Waals surface area contributed by atoms with Crippen LogP contribution in [0.4, 0.5) is 5.82 Å². The second-order valence-electron chi connectivity index (χ2n) is 2.62. The minimum Gasteiger partial charge on any atom is -0.382 e. The van der Waals surface area contributed by atoms with Crippen LogP contribution in [0.5, 0.6) is 0 Å². The van der Waals surface area contributed by atoms with E-state index in [1.54, 1.807) is 6.20 Å². The molecule has 0 saturated carbocycles. The molecule has 0 aromatic carbocycles. The van der Waals surface area contributed by atoms with Crippen molar-refractivity contribution in [2.24, 2.45) is 0 Å². The Bertz CT molecular complexity index is 389. The van der Waals surface area contributed by atoms with Crippen molar-refractivity contribution >= 4 is 11.3 Å². The molecule has 0 radical (unpaired) electrons. The molecular formula is C8H9N3. The number of anilines is 1. The fourth-order valence-corrected chi connectivity index (χ4v) is 1.20. The number of aryl methyl sites for hydroxylation is 1. The Balaban J connectivity index is 2.90. The van der Waals surface area contributed by atoms with E-state index in [9.17, 15) is 0 Å². The van der Waals surface area contributed by atoms with Gasteiger partial charge in [-0.25, -0.2) is 4.98 Å². The van der Waals surface area contributed by atoms with E-state index >= 15 is 0 Å². The first-order chi connectivity index (χ1) is 5.27. The third kappa shape index (κ3) is 0.852. The molecule has 2 heterocycles. The van der Waals surface area contributed by atoms with Crippen LogP contribution >= 0.6 is 0 Å². The Morgan fingerprint density at radius 3 is 3.09 bits per heavy atom. The van der Waals surface area contributed by atoms with Gasteiger partial charge in [-0.2, -0.15) is 0 Å². The zero-order valence-corrected chi connectivity index (χ0v) is 6.28. The van der Waals surface area contributed by atoms with Crippen LogP contribution in [-0.2, 0) is 0 Å². The molecule has 0 bridgehead atoms. The Labute approximate surface area is 64.5 Å². The standard InChI is InChI=1S/C8H9N3/c1-6-4-7-8(9)10-2-3-11(7)5-6/h2-5H,1H3,(H2,9,10). The van der Waals surface area contributed by atoms with Crippen molar-refractivity contribution in [2.75, 3.05) is 5.73 Å². The molecule has 56 valence electrons. The maximum atomic E-state index is 5.64. The first-order valence-corrected chi connectivity index (χ1v) is 3.46. The molecule has 0 fully saturated rings. The Hall–Kier alpha value is -1.51. The van der Waals surface area contributed by atoms with Crippen LogP contribution in [0, 0.1) is 6.92 Å². The first-order valence-electron chi connectivity index (χ1n) is 3.46. The van der Waals surface area contributed by atoms with E-state index in [4.69, 9.17) is 5.73 Å². The monoisotopic (exact) mass is 147 g/mol. The summed E-state index contributed by atoms with van der Waals surface area (Å²) in [7, 11) is 0. The summed E-state index contributed by atoms with van der Waals surface area (Å²) >= 11 is 0. The molecular weight excluding hydrogens is 138 g/mol. The maximum absolute atomic E-state index is 5.64. The number of nitrogen functional groups attached to an aromatic ring is 1. The zero-order chi connectivity index (χ0) is 7.84. The highest BCUT2D eigenvalue weighted by atomic mass is 15.0. The Kier molecular flexibility index (Phi) is 1.12. The van der Waals surface area contributed by atoms with Gasteiger partial charge in [0.15, 0.2) is 0 Å². The van der Waals surface area contributed by atoms with Crippen LogP contribution in [-0.4, -0.2) is 9.38 Å². The average molecular weight is 147 g/mol. The summed E-state index contributed by atoms with van der Waals surface area (Å²) < 4.78 is 1.97. The van der Waals surface area contributed by atoms with Crippen molar-refractivity contribution in [1.29, 1.82) is 0 Å². The van der Waals surface area contributed by atoms with E-state index in [1.165, 1.54) is 5.56 Å². The van der Waals surface area contributed by atoms with E-state index in [2.05, 4.69) is 4.98 Å². The van der Waals surface area contributed by atoms with Crippen LogP contribution in [0.1, 0.15) is 5.56 Å². The van der Waals surface area contributed by atoms with Gasteiger partial charge in [0.1, 0.15) is 5.82 Å². The van der Waals surface area contributed by atoms with E-state index < -0.39 is 0 Å². The SMILES string of the molecule is Cc1cc2c(N)nccn2c1. The highest BCUT2D eigenvalue weighted by Crippen LogP contribution is 2.12. The van der Waals surface area contributed by atoms with Gasteiger partial charge in [-0.15, -0.1) is 0 Å². The molecule has 0 aliphatic carbocycles. The van der Waals surface area contributed by atoms with Gasteiger partial charge in [0.25, 0.3) is 0 Å². The summed E-state index contributed by atoms with van der Waals surface area (Å²) in [6.07, 6.45) is 5.60. The largest absolute Gasteiger partial charge is 0.382 e. The lowest BCUT2D eigenvalue weighted by atomic mass is 10.4. The number of fused-ring (bicyclic) bond motifs is 1. The molecule has 3 nitrogen and oxygen atoms in total. The normalized spacial score (nSPS) is 10.6. The van der Waals surface area contributed by atoms with Gasteiger partial charge < -0.3 is 10.1 Å². The van der Waals surface area contributed by atoms with Crippen molar-refractivity contribution in [2.45, 2.75) is 6.92 Å². The molecule has 2 aromatic rings.